The summed E-state index contributed by atoms with van der Waals surface area (Å²) in [7, 11) is -3.69. The lowest BCUT2D eigenvalue weighted by Crippen LogP contribution is -2.56. The van der Waals surface area contributed by atoms with Crippen molar-refractivity contribution in [3.8, 4) is 0 Å². The summed E-state index contributed by atoms with van der Waals surface area (Å²) in [4.78, 5) is 15.7. The Balaban J connectivity index is 2.34. The number of aliphatic hydroxyl groups is 2. The maximum absolute atomic E-state index is 13.3. The van der Waals surface area contributed by atoms with Crippen molar-refractivity contribution in [2.24, 2.45) is 0 Å². The number of aromatic nitrogens is 2. The highest BCUT2D eigenvalue weighted by molar-refractivity contribution is 7.54. The molecule has 10 nitrogen and oxygen atoms in total. The minimum Gasteiger partial charge on any atom is -0.393 e. The summed E-state index contributed by atoms with van der Waals surface area (Å²) >= 11 is 0. The van der Waals surface area contributed by atoms with Crippen LogP contribution in [0, 0.1) is 0 Å². The minimum absolute atomic E-state index is 0.00942. The lowest BCUT2D eigenvalue weighted by molar-refractivity contribution is -0.218. The second-order valence-electron chi connectivity index (χ2n) is 7.03. The molecule has 11 heteroatoms. The van der Waals surface area contributed by atoms with Crippen LogP contribution in [0.3, 0.4) is 0 Å². The van der Waals surface area contributed by atoms with E-state index in [9.17, 15) is 19.6 Å². The third kappa shape index (κ3) is 4.77. The van der Waals surface area contributed by atoms with E-state index < -0.39 is 37.6 Å². The molecule has 1 aromatic rings. The molecule has 0 spiro atoms. The third-order valence-corrected chi connectivity index (χ3v) is 6.59. The van der Waals surface area contributed by atoms with Gasteiger partial charge < -0.3 is 29.7 Å². The van der Waals surface area contributed by atoms with Crippen LogP contribution in [-0.4, -0.2) is 50.5 Å². The van der Waals surface area contributed by atoms with E-state index in [1.807, 2.05) is 0 Å². The van der Waals surface area contributed by atoms with Gasteiger partial charge in [0.1, 0.15) is 11.9 Å². The van der Waals surface area contributed by atoms with E-state index in [1.165, 1.54) is 12.3 Å². The normalized spacial score (nSPS) is 26.7. The van der Waals surface area contributed by atoms with Crippen molar-refractivity contribution in [3.05, 3.63) is 22.7 Å². The summed E-state index contributed by atoms with van der Waals surface area (Å²) in [5, 5.41) is 20.8. The first-order chi connectivity index (χ1) is 12.5. The fourth-order valence-electron chi connectivity index (χ4n) is 3.02. The predicted octanol–water partition coefficient (Wildman–Crippen LogP) is 1.01. The van der Waals surface area contributed by atoms with Crippen LogP contribution in [-0.2, 0) is 24.1 Å². The van der Waals surface area contributed by atoms with Crippen LogP contribution in [0.2, 0.25) is 0 Å². The van der Waals surface area contributed by atoms with Crippen molar-refractivity contribution >= 4 is 13.4 Å². The second kappa shape index (κ2) is 8.38. The van der Waals surface area contributed by atoms with Gasteiger partial charge in [0, 0.05) is 12.6 Å². The van der Waals surface area contributed by atoms with Crippen molar-refractivity contribution in [2.45, 2.75) is 70.4 Å². The summed E-state index contributed by atoms with van der Waals surface area (Å²) in [5.74, 6) is -0.979. The second-order valence-corrected chi connectivity index (χ2v) is 9.11. The molecule has 0 aromatic carbocycles. The third-order valence-electron chi connectivity index (χ3n) is 4.07. The van der Waals surface area contributed by atoms with E-state index in [-0.39, 0.29) is 30.9 Å². The zero-order valence-electron chi connectivity index (χ0n) is 15.9. The largest absolute Gasteiger partial charge is 0.393 e. The Hall–Kier alpha value is -1.29. The van der Waals surface area contributed by atoms with Crippen LogP contribution < -0.4 is 11.4 Å². The van der Waals surface area contributed by atoms with Crippen molar-refractivity contribution < 1.29 is 28.6 Å². The molecule has 1 aromatic heterocycles. The van der Waals surface area contributed by atoms with Gasteiger partial charge in [-0.3, -0.25) is 9.13 Å². The van der Waals surface area contributed by atoms with Gasteiger partial charge in [-0.15, -0.1) is 0 Å². The Kier molecular flexibility index (Phi) is 6.83. The number of ether oxygens (including phenoxy) is 1. The highest BCUT2D eigenvalue weighted by Crippen LogP contribution is 2.59. The molecule has 0 aliphatic carbocycles. The van der Waals surface area contributed by atoms with Gasteiger partial charge in [0.2, 0.25) is 0 Å². The maximum atomic E-state index is 13.3. The monoisotopic (exact) mass is 405 g/mol. The topological polar surface area (TPSA) is 146 Å². The van der Waals surface area contributed by atoms with Crippen LogP contribution >= 0.6 is 7.60 Å². The predicted molar refractivity (Wildman–Crippen MR) is 98.1 cm³/mol. The molecule has 1 aliphatic heterocycles. The lowest BCUT2D eigenvalue weighted by atomic mass is 9.97. The van der Waals surface area contributed by atoms with Crippen molar-refractivity contribution in [3.63, 3.8) is 0 Å². The zero-order valence-corrected chi connectivity index (χ0v) is 16.8. The number of hydrogen-bond donors (Lipinski definition) is 3. The fraction of sp³-hybridized carbons (Fsp3) is 0.750. The first-order valence-electron chi connectivity index (χ1n) is 8.82. The molecule has 27 heavy (non-hydrogen) atoms. The first-order valence-corrected chi connectivity index (χ1v) is 10.4. The lowest BCUT2D eigenvalue weighted by Gasteiger charge is -2.44. The van der Waals surface area contributed by atoms with E-state index in [1.54, 1.807) is 27.7 Å². The standard InChI is InChI=1S/C16H28N3O7P/c1-10(2)25-27(23,26-11(3)4)14-5-7-16(22,12(9-20)24-14)19-8-6-13(17)18-15(19)21/h6,8,10-12,14,20,22H,5,7,9H2,1-4H3,(H2,17,18,21)/t12-,14-,16-/m1/s1. The van der Waals surface area contributed by atoms with Crippen LogP contribution in [0.25, 0.3) is 0 Å². The van der Waals surface area contributed by atoms with Crippen molar-refractivity contribution in [2.75, 3.05) is 12.3 Å². The van der Waals surface area contributed by atoms with E-state index in [4.69, 9.17) is 19.5 Å². The van der Waals surface area contributed by atoms with E-state index >= 15 is 0 Å². The van der Waals surface area contributed by atoms with Gasteiger partial charge in [0.25, 0.3) is 0 Å². The number of anilines is 1. The fourth-order valence-corrected chi connectivity index (χ4v) is 5.26. The molecular weight excluding hydrogens is 377 g/mol. The Labute approximate surface area is 157 Å². The molecule has 0 amide bonds. The summed E-state index contributed by atoms with van der Waals surface area (Å²) in [6, 6.07) is 1.36. The average Bonchev–Trinajstić information content (AvgIpc) is 2.53. The molecule has 2 heterocycles. The van der Waals surface area contributed by atoms with E-state index in [0.29, 0.717) is 0 Å². The summed E-state index contributed by atoms with van der Waals surface area (Å²) in [6.07, 6.45) is -0.654. The molecular formula is C16H28N3O7P. The van der Waals surface area contributed by atoms with Crippen LogP contribution in [0.1, 0.15) is 40.5 Å². The molecule has 1 fully saturated rings. The molecule has 0 bridgehead atoms. The van der Waals surface area contributed by atoms with Gasteiger partial charge in [0.05, 0.1) is 18.8 Å². The van der Waals surface area contributed by atoms with Crippen molar-refractivity contribution in [1.29, 1.82) is 0 Å². The van der Waals surface area contributed by atoms with Crippen LogP contribution in [0.4, 0.5) is 5.82 Å². The van der Waals surface area contributed by atoms with E-state index in [2.05, 4.69) is 4.98 Å². The number of nitrogens with two attached hydrogens (primary N) is 1. The molecule has 1 aliphatic rings. The highest BCUT2D eigenvalue weighted by atomic mass is 31.2. The van der Waals surface area contributed by atoms with Crippen LogP contribution in [0.5, 0.6) is 0 Å². The summed E-state index contributed by atoms with van der Waals surface area (Å²) < 4.78 is 31.0. The maximum Gasteiger partial charge on any atom is 0.359 e. The smallest absolute Gasteiger partial charge is 0.359 e. The Morgan fingerprint density at radius 3 is 2.48 bits per heavy atom. The highest BCUT2D eigenvalue weighted by Gasteiger charge is 2.51. The molecule has 2 rings (SSSR count). The number of rotatable bonds is 7. The SMILES string of the molecule is CC(C)OP(=O)(OC(C)C)[C@@H]1CC[C@](O)(n2ccc(N)nc2=O)[C@@H](CO)O1. The van der Waals surface area contributed by atoms with Gasteiger partial charge >= 0.3 is 13.3 Å². The number of hydrogen-bond acceptors (Lipinski definition) is 9. The zero-order chi connectivity index (χ0) is 20.4. The molecule has 0 radical (unpaired) electrons. The van der Waals surface area contributed by atoms with Gasteiger partial charge in [-0.2, -0.15) is 4.98 Å². The minimum atomic E-state index is -3.69. The number of nitrogen functional groups attached to an aromatic ring is 1. The quantitative estimate of drug-likeness (QED) is 0.566. The Morgan fingerprint density at radius 2 is 2.00 bits per heavy atom. The van der Waals surface area contributed by atoms with Gasteiger partial charge in [-0.25, -0.2) is 4.79 Å². The van der Waals surface area contributed by atoms with Gasteiger partial charge in [-0.1, -0.05) is 0 Å². The molecule has 0 saturated carbocycles. The average molecular weight is 405 g/mol. The van der Waals surface area contributed by atoms with Crippen LogP contribution in [0.15, 0.2) is 17.1 Å². The molecule has 0 unspecified atom stereocenters. The number of nitrogens with zero attached hydrogens (tertiary/aromatic N) is 2. The molecule has 154 valence electrons. The molecule has 1 saturated heterocycles. The van der Waals surface area contributed by atoms with E-state index in [0.717, 1.165) is 4.57 Å². The molecule has 4 N–H and O–H groups in total. The van der Waals surface area contributed by atoms with Crippen molar-refractivity contribution in [1.82, 2.24) is 9.55 Å². The van der Waals surface area contributed by atoms with Gasteiger partial charge in [-0.05, 0) is 40.2 Å². The first kappa shape index (κ1) is 22.0. The summed E-state index contributed by atoms with van der Waals surface area (Å²) in [6.45, 7) is 6.27. The Morgan fingerprint density at radius 1 is 1.41 bits per heavy atom. The number of aliphatic hydroxyl groups excluding tert-OH is 1. The summed E-state index contributed by atoms with van der Waals surface area (Å²) in [5.41, 5.74) is 2.83. The van der Waals surface area contributed by atoms with Gasteiger partial charge in [0.15, 0.2) is 11.6 Å². The molecule has 3 atom stereocenters. The Bertz CT molecular complexity index is 740.